The summed E-state index contributed by atoms with van der Waals surface area (Å²) < 4.78 is 2.37. The summed E-state index contributed by atoms with van der Waals surface area (Å²) in [5, 5.41) is 7.87. The molecule has 1 aliphatic rings. The Hall–Kier alpha value is -5.92. The van der Waals surface area contributed by atoms with E-state index in [4.69, 9.17) is 0 Å². The second-order valence-corrected chi connectivity index (χ2v) is 12.1. The summed E-state index contributed by atoms with van der Waals surface area (Å²) in [6, 6.07) is 60.2. The number of fused-ring (bicyclic) bond motifs is 8. The summed E-state index contributed by atoms with van der Waals surface area (Å²) in [5.74, 6) is 0. The van der Waals surface area contributed by atoms with Gasteiger partial charge in [0.1, 0.15) is 0 Å². The maximum Gasteiger partial charge on any atom is 0.0541 e. The maximum absolute atomic E-state index is 2.40. The Bertz CT molecular complexity index is 2640. The molecule has 0 amide bonds. The van der Waals surface area contributed by atoms with E-state index in [-0.39, 0.29) is 0 Å². The summed E-state index contributed by atoms with van der Waals surface area (Å²) >= 11 is 0. The van der Waals surface area contributed by atoms with Crippen molar-refractivity contribution in [3.63, 3.8) is 0 Å². The van der Waals surface area contributed by atoms with Crippen LogP contribution in [0.3, 0.4) is 0 Å². The van der Waals surface area contributed by atoms with Crippen LogP contribution in [0.2, 0.25) is 0 Å². The fourth-order valence-electron chi connectivity index (χ4n) is 7.67. The highest BCUT2D eigenvalue weighted by Crippen LogP contribution is 2.50. The average molecular weight is 570 g/mol. The van der Waals surface area contributed by atoms with E-state index < -0.39 is 0 Å². The van der Waals surface area contributed by atoms with Gasteiger partial charge in [-0.2, -0.15) is 0 Å². The first-order chi connectivity index (χ1) is 22.3. The van der Waals surface area contributed by atoms with Crippen LogP contribution in [-0.2, 0) is 0 Å². The molecule has 0 fully saturated rings. The van der Waals surface area contributed by atoms with Crippen molar-refractivity contribution >= 4 is 43.4 Å². The molecular formula is C44H27N. The average Bonchev–Trinajstić information content (AvgIpc) is 3.61. The second-order valence-electron chi connectivity index (χ2n) is 12.1. The number of nitrogens with zero attached hydrogens (tertiary/aromatic N) is 1. The zero-order valence-corrected chi connectivity index (χ0v) is 24.5. The summed E-state index contributed by atoms with van der Waals surface area (Å²) in [7, 11) is 0. The first kappa shape index (κ1) is 24.5. The summed E-state index contributed by atoms with van der Waals surface area (Å²) in [6.45, 7) is 0. The minimum atomic E-state index is 1.18. The molecule has 1 heterocycles. The Morgan fingerprint density at radius 1 is 0.311 bits per heavy atom. The molecule has 1 aliphatic carbocycles. The van der Waals surface area contributed by atoms with Gasteiger partial charge in [-0.15, -0.1) is 0 Å². The van der Waals surface area contributed by atoms with Crippen molar-refractivity contribution in [1.82, 2.24) is 4.57 Å². The highest BCUT2D eigenvalue weighted by Gasteiger charge is 2.23. The lowest BCUT2D eigenvalue weighted by molar-refractivity contribution is 1.18. The molecule has 0 radical (unpaired) electrons. The number of hydrogen-bond donors (Lipinski definition) is 0. The molecule has 208 valence electrons. The first-order valence-electron chi connectivity index (χ1n) is 15.6. The van der Waals surface area contributed by atoms with Gasteiger partial charge in [0.25, 0.3) is 0 Å². The van der Waals surface area contributed by atoms with Gasteiger partial charge < -0.3 is 4.57 Å². The van der Waals surface area contributed by atoms with E-state index in [0.717, 1.165) is 0 Å². The molecule has 10 rings (SSSR count). The first-order valence-corrected chi connectivity index (χ1v) is 15.6. The fourth-order valence-corrected chi connectivity index (χ4v) is 7.67. The van der Waals surface area contributed by atoms with Gasteiger partial charge in [-0.05, 0) is 115 Å². The summed E-state index contributed by atoms with van der Waals surface area (Å²) in [6.07, 6.45) is 0. The Kier molecular flexibility index (Phi) is 5.06. The molecule has 1 heteroatoms. The Balaban J connectivity index is 1.11. The van der Waals surface area contributed by atoms with Gasteiger partial charge in [0.2, 0.25) is 0 Å². The smallest absolute Gasteiger partial charge is 0.0541 e. The molecule has 0 unspecified atom stereocenters. The van der Waals surface area contributed by atoms with E-state index in [1.165, 1.54) is 93.5 Å². The maximum atomic E-state index is 2.40. The number of rotatable bonds is 3. The van der Waals surface area contributed by atoms with Crippen LogP contribution in [0.15, 0.2) is 164 Å². The van der Waals surface area contributed by atoms with E-state index >= 15 is 0 Å². The molecule has 0 saturated heterocycles. The molecular weight excluding hydrogens is 542 g/mol. The van der Waals surface area contributed by atoms with Crippen LogP contribution in [0.4, 0.5) is 0 Å². The molecule has 1 aromatic heterocycles. The number of para-hydroxylation sites is 2. The number of hydrogen-bond acceptors (Lipinski definition) is 0. The van der Waals surface area contributed by atoms with Crippen molar-refractivity contribution in [2.24, 2.45) is 0 Å². The lowest BCUT2D eigenvalue weighted by atomic mass is 9.94. The van der Waals surface area contributed by atoms with Crippen LogP contribution in [0, 0.1) is 0 Å². The fraction of sp³-hybridized carbons (Fsp3) is 0. The second kappa shape index (κ2) is 9.29. The van der Waals surface area contributed by atoms with Crippen molar-refractivity contribution < 1.29 is 0 Å². The van der Waals surface area contributed by atoms with Crippen molar-refractivity contribution in [2.75, 3.05) is 0 Å². The molecule has 9 aromatic rings. The molecule has 1 nitrogen and oxygen atoms in total. The minimum absolute atomic E-state index is 1.18. The predicted octanol–water partition coefficient (Wildman–Crippen LogP) is 12.1. The zero-order chi connectivity index (χ0) is 29.5. The van der Waals surface area contributed by atoms with E-state index in [1.807, 2.05) is 0 Å². The Labute approximate surface area is 261 Å². The predicted molar refractivity (Wildman–Crippen MR) is 191 cm³/mol. The van der Waals surface area contributed by atoms with Gasteiger partial charge in [0, 0.05) is 16.5 Å². The zero-order valence-electron chi connectivity index (χ0n) is 24.5. The quantitative estimate of drug-likeness (QED) is 0.187. The van der Waals surface area contributed by atoms with Crippen LogP contribution in [0.1, 0.15) is 0 Å². The molecule has 0 spiro atoms. The van der Waals surface area contributed by atoms with Gasteiger partial charge in [-0.1, -0.05) is 115 Å². The third-order valence-corrected chi connectivity index (χ3v) is 9.70. The summed E-state index contributed by atoms with van der Waals surface area (Å²) in [5.41, 5.74) is 13.9. The van der Waals surface area contributed by atoms with Crippen molar-refractivity contribution in [3.05, 3.63) is 164 Å². The highest BCUT2D eigenvalue weighted by atomic mass is 15.0. The van der Waals surface area contributed by atoms with Gasteiger partial charge in [0.15, 0.2) is 0 Å². The molecule has 0 saturated carbocycles. The SMILES string of the molecule is c1ccc(-n2c3ccccc3c3cc(-c4cccc(-c5ccc6c(c5)-c5cc7ccccc7c7cccc-6c57)c4)ccc32)cc1. The monoisotopic (exact) mass is 569 g/mol. The topological polar surface area (TPSA) is 4.93 Å². The van der Waals surface area contributed by atoms with Crippen LogP contribution < -0.4 is 0 Å². The Morgan fingerprint density at radius 2 is 0.978 bits per heavy atom. The van der Waals surface area contributed by atoms with E-state index in [1.54, 1.807) is 0 Å². The lowest BCUT2D eigenvalue weighted by Gasteiger charge is -2.10. The van der Waals surface area contributed by atoms with Crippen molar-refractivity contribution in [3.8, 4) is 50.2 Å². The van der Waals surface area contributed by atoms with Crippen LogP contribution >= 0.6 is 0 Å². The third-order valence-electron chi connectivity index (χ3n) is 9.70. The molecule has 0 N–H and O–H groups in total. The van der Waals surface area contributed by atoms with Gasteiger partial charge in [0.05, 0.1) is 11.0 Å². The largest absolute Gasteiger partial charge is 0.309 e. The lowest BCUT2D eigenvalue weighted by Crippen LogP contribution is -1.92. The van der Waals surface area contributed by atoms with Crippen molar-refractivity contribution in [2.45, 2.75) is 0 Å². The van der Waals surface area contributed by atoms with Crippen LogP contribution in [0.25, 0.3) is 93.5 Å². The van der Waals surface area contributed by atoms with E-state index in [9.17, 15) is 0 Å². The van der Waals surface area contributed by atoms with Gasteiger partial charge in [-0.25, -0.2) is 0 Å². The normalized spacial score (nSPS) is 12.0. The standard InChI is InChI=1S/C44H27N/c1-2-13-33(14-3-1)45-42-19-7-6-16-36(42)40-26-31(21-23-43(40)45)29-12-8-11-28(24-29)30-20-22-35-38-18-9-17-37-34-15-5-4-10-32(34)27-41(44(37)38)39(35)25-30/h1-27H. The van der Waals surface area contributed by atoms with Crippen LogP contribution in [0.5, 0.6) is 0 Å². The van der Waals surface area contributed by atoms with E-state index in [0.29, 0.717) is 0 Å². The van der Waals surface area contributed by atoms with Gasteiger partial charge >= 0.3 is 0 Å². The molecule has 0 aliphatic heterocycles. The molecule has 0 atom stereocenters. The minimum Gasteiger partial charge on any atom is -0.309 e. The van der Waals surface area contributed by atoms with Gasteiger partial charge in [-0.3, -0.25) is 0 Å². The Morgan fingerprint density at radius 3 is 1.87 bits per heavy atom. The highest BCUT2D eigenvalue weighted by molar-refractivity contribution is 6.23. The summed E-state index contributed by atoms with van der Waals surface area (Å²) in [4.78, 5) is 0. The number of aromatic nitrogens is 1. The molecule has 8 aromatic carbocycles. The third kappa shape index (κ3) is 3.56. The van der Waals surface area contributed by atoms with Crippen LogP contribution in [-0.4, -0.2) is 4.57 Å². The molecule has 45 heavy (non-hydrogen) atoms. The molecule has 0 bridgehead atoms. The number of benzene rings is 8. The van der Waals surface area contributed by atoms with E-state index in [2.05, 4.69) is 168 Å². The van der Waals surface area contributed by atoms with Crippen molar-refractivity contribution in [1.29, 1.82) is 0 Å².